The van der Waals surface area contributed by atoms with Crippen LogP contribution in [0, 0.1) is 6.92 Å². The Morgan fingerprint density at radius 1 is 1.03 bits per heavy atom. The third-order valence-corrected chi connectivity index (χ3v) is 6.90. The number of hydrogen-bond acceptors (Lipinski definition) is 3. The summed E-state index contributed by atoms with van der Waals surface area (Å²) >= 11 is 1.52. The molecule has 1 aliphatic rings. The lowest BCUT2D eigenvalue weighted by Crippen LogP contribution is -2.42. The summed E-state index contributed by atoms with van der Waals surface area (Å²) in [5.74, 6) is 0.369. The van der Waals surface area contributed by atoms with Crippen molar-refractivity contribution < 1.29 is 9.59 Å². The van der Waals surface area contributed by atoms with Crippen LogP contribution >= 0.6 is 11.8 Å². The molecule has 0 aromatic heterocycles. The second kappa shape index (κ2) is 9.56. The summed E-state index contributed by atoms with van der Waals surface area (Å²) in [7, 11) is 0. The molecule has 1 heterocycles. The van der Waals surface area contributed by atoms with Gasteiger partial charge in [-0.3, -0.25) is 9.59 Å². The molecule has 1 fully saturated rings. The van der Waals surface area contributed by atoms with Gasteiger partial charge in [0.25, 0.3) is 5.91 Å². The molecule has 1 aliphatic heterocycles. The molecular formula is C26H28N2O2S. The lowest BCUT2D eigenvalue weighted by atomic mass is 10.0. The third kappa shape index (κ3) is 5.10. The van der Waals surface area contributed by atoms with Crippen LogP contribution in [-0.2, 0) is 4.79 Å². The Kier molecular flexibility index (Phi) is 6.62. The highest BCUT2D eigenvalue weighted by Crippen LogP contribution is 2.25. The molecule has 0 spiro atoms. The lowest BCUT2D eigenvalue weighted by Gasteiger charge is -2.33. The maximum absolute atomic E-state index is 12.9. The van der Waals surface area contributed by atoms with E-state index < -0.39 is 0 Å². The van der Waals surface area contributed by atoms with E-state index in [2.05, 4.69) is 36.5 Å². The molecule has 4 nitrogen and oxygen atoms in total. The predicted octanol–water partition coefficient (Wildman–Crippen LogP) is 5.89. The molecule has 0 radical (unpaired) electrons. The van der Waals surface area contributed by atoms with Gasteiger partial charge in [-0.1, -0.05) is 30.3 Å². The summed E-state index contributed by atoms with van der Waals surface area (Å²) in [6.07, 6.45) is 3.32. The van der Waals surface area contributed by atoms with Crippen molar-refractivity contribution in [2.75, 3.05) is 17.6 Å². The summed E-state index contributed by atoms with van der Waals surface area (Å²) in [5, 5.41) is 5.36. The number of hydrogen-bond donors (Lipinski definition) is 1. The van der Waals surface area contributed by atoms with Crippen LogP contribution in [0.15, 0.2) is 65.6 Å². The van der Waals surface area contributed by atoms with Crippen molar-refractivity contribution in [3.8, 4) is 0 Å². The zero-order chi connectivity index (χ0) is 21.8. The molecule has 3 aromatic carbocycles. The zero-order valence-corrected chi connectivity index (χ0v) is 18.9. The number of nitrogens with zero attached hydrogens (tertiary/aromatic N) is 1. The fourth-order valence-electron chi connectivity index (χ4n) is 4.09. The highest BCUT2D eigenvalue weighted by Gasteiger charge is 2.24. The number of likely N-dealkylation sites (tertiary alicyclic amines) is 1. The van der Waals surface area contributed by atoms with Crippen LogP contribution in [0.4, 0.5) is 5.69 Å². The standard InChI is InChI=1S/C26H28N2O2S/c1-18-15-22(26(30)28-14-6-5-7-19(28)2)11-13-24(18)27-25(29)17-31-23-12-10-20-8-3-4-9-21(20)16-23/h3-4,8-13,15-16,19H,5-7,14,17H2,1-2H3,(H,27,29). The first-order valence-corrected chi connectivity index (χ1v) is 11.8. The Bertz CT molecular complexity index is 1110. The first kappa shape index (κ1) is 21.4. The number of amides is 2. The molecular weight excluding hydrogens is 404 g/mol. The number of thioether (sulfide) groups is 1. The number of fused-ring (bicyclic) bond motifs is 1. The van der Waals surface area contributed by atoms with Gasteiger partial charge in [-0.25, -0.2) is 0 Å². The summed E-state index contributed by atoms with van der Waals surface area (Å²) in [5.41, 5.74) is 2.35. The van der Waals surface area contributed by atoms with E-state index in [1.54, 1.807) is 0 Å². The SMILES string of the molecule is Cc1cc(C(=O)N2CCCCC2C)ccc1NC(=O)CSc1ccc2ccccc2c1. The zero-order valence-electron chi connectivity index (χ0n) is 18.1. The van der Waals surface area contributed by atoms with Crippen molar-refractivity contribution in [2.24, 2.45) is 0 Å². The van der Waals surface area contributed by atoms with Crippen LogP contribution in [0.25, 0.3) is 10.8 Å². The average Bonchev–Trinajstić information content (AvgIpc) is 2.79. The van der Waals surface area contributed by atoms with Gasteiger partial charge < -0.3 is 10.2 Å². The van der Waals surface area contributed by atoms with E-state index in [1.807, 2.05) is 48.2 Å². The Morgan fingerprint density at radius 3 is 2.61 bits per heavy atom. The molecule has 5 heteroatoms. The molecule has 2 amide bonds. The number of carbonyl (C=O) groups is 2. The maximum Gasteiger partial charge on any atom is 0.254 e. The third-order valence-electron chi connectivity index (χ3n) is 5.90. The van der Waals surface area contributed by atoms with E-state index in [1.165, 1.54) is 29.0 Å². The lowest BCUT2D eigenvalue weighted by molar-refractivity contribution is -0.113. The molecule has 31 heavy (non-hydrogen) atoms. The fourth-order valence-corrected chi connectivity index (χ4v) is 4.84. The molecule has 0 saturated carbocycles. The Balaban J connectivity index is 1.37. The molecule has 1 atom stereocenters. The second-order valence-corrected chi connectivity index (χ2v) is 9.27. The van der Waals surface area contributed by atoms with Gasteiger partial charge in [0, 0.05) is 28.7 Å². The molecule has 1 unspecified atom stereocenters. The van der Waals surface area contributed by atoms with Crippen LogP contribution in [0.5, 0.6) is 0 Å². The topological polar surface area (TPSA) is 49.4 Å². The van der Waals surface area contributed by atoms with Gasteiger partial charge in [-0.2, -0.15) is 0 Å². The van der Waals surface area contributed by atoms with Crippen molar-refractivity contribution in [3.63, 3.8) is 0 Å². The number of rotatable bonds is 5. The average molecular weight is 433 g/mol. The molecule has 4 rings (SSSR count). The summed E-state index contributed by atoms with van der Waals surface area (Å²) < 4.78 is 0. The quantitative estimate of drug-likeness (QED) is 0.511. The minimum Gasteiger partial charge on any atom is -0.336 e. The van der Waals surface area contributed by atoms with Crippen molar-refractivity contribution in [1.29, 1.82) is 0 Å². The van der Waals surface area contributed by atoms with Gasteiger partial charge in [0.15, 0.2) is 0 Å². The maximum atomic E-state index is 12.9. The van der Waals surface area contributed by atoms with E-state index in [0.29, 0.717) is 11.3 Å². The van der Waals surface area contributed by atoms with Crippen LogP contribution < -0.4 is 5.32 Å². The minimum atomic E-state index is -0.0509. The van der Waals surface area contributed by atoms with Gasteiger partial charge in [-0.05, 0) is 79.8 Å². The van der Waals surface area contributed by atoms with E-state index in [4.69, 9.17) is 0 Å². The van der Waals surface area contributed by atoms with Crippen LogP contribution in [0.1, 0.15) is 42.1 Å². The number of piperidine rings is 1. The Labute approximate surface area is 188 Å². The smallest absolute Gasteiger partial charge is 0.254 e. The highest BCUT2D eigenvalue weighted by molar-refractivity contribution is 8.00. The van der Waals surface area contributed by atoms with Crippen molar-refractivity contribution in [2.45, 2.75) is 44.0 Å². The summed E-state index contributed by atoms with van der Waals surface area (Å²) in [4.78, 5) is 28.4. The van der Waals surface area contributed by atoms with Gasteiger partial charge >= 0.3 is 0 Å². The summed E-state index contributed by atoms with van der Waals surface area (Å²) in [6, 6.07) is 20.3. The summed E-state index contributed by atoms with van der Waals surface area (Å²) in [6.45, 7) is 4.87. The largest absolute Gasteiger partial charge is 0.336 e. The van der Waals surface area contributed by atoms with Crippen molar-refractivity contribution in [1.82, 2.24) is 4.90 Å². The van der Waals surface area contributed by atoms with E-state index in [-0.39, 0.29) is 17.9 Å². The van der Waals surface area contributed by atoms with Gasteiger partial charge in [0.2, 0.25) is 5.91 Å². The van der Waals surface area contributed by atoms with Crippen LogP contribution in [0.2, 0.25) is 0 Å². The molecule has 3 aromatic rings. The van der Waals surface area contributed by atoms with Crippen LogP contribution in [0.3, 0.4) is 0 Å². The Morgan fingerprint density at radius 2 is 1.84 bits per heavy atom. The number of aryl methyl sites for hydroxylation is 1. The first-order chi connectivity index (χ1) is 15.0. The number of carbonyl (C=O) groups excluding carboxylic acids is 2. The molecule has 1 saturated heterocycles. The number of benzene rings is 3. The molecule has 160 valence electrons. The van der Waals surface area contributed by atoms with Crippen LogP contribution in [-0.4, -0.2) is 35.1 Å². The normalized spacial score (nSPS) is 16.3. The molecule has 0 aliphatic carbocycles. The second-order valence-electron chi connectivity index (χ2n) is 8.22. The molecule has 0 bridgehead atoms. The van der Waals surface area contributed by atoms with Crippen molar-refractivity contribution in [3.05, 3.63) is 71.8 Å². The highest BCUT2D eigenvalue weighted by atomic mass is 32.2. The van der Waals surface area contributed by atoms with E-state index in [9.17, 15) is 9.59 Å². The first-order valence-electron chi connectivity index (χ1n) is 10.8. The van der Waals surface area contributed by atoms with Gasteiger partial charge in [-0.15, -0.1) is 11.8 Å². The van der Waals surface area contributed by atoms with Gasteiger partial charge in [0.1, 0.15) is 0 Å². The Hall–Kier alpha value is -2.79. The van der Waals surface area contributed by atoms with Gasteiger partial charge in [0.05, 0.1) is 5.75 Å². The monoisotopic (exact) mass is 432 g/mol. The fraction of sp³-hybridized carbons (Fsp3) is 0.308. The number of nitrogens with one attached hydrogen (secondary N) is 1. The van der Waals surface area contributed by atoms with Crippen molar-refractivity contribution >= 4 is 40.0 Å². The number of anilines is 1. The predicted molar refractivity (Wildman–Crippen MR) is 129 cm³/mol. The van der Waals surface area contributed by atoms with E-state index in [0.717, 1.165) is 35.5 Å². The minimum absolute atomic E-state index is 0.0509. The molecule has 1 N–H and O–H groups in total. The van der Waals surface area contributed by atoms with E-state index >= 15 is 0 Å².